The quantitative estimate of drug-likeness (QED) is 0.450. The first kappa shape index (κ1) is 20.1. The van der Waals surface area contributed by atoms with Crippen molar-refractivity contribution in [1.82, 2.24) is 20.4 Å². The van der Waals surface area contributed by atoms with Crippen LogP contribution < -0.4 is 10.6 Å². The van der Waals surface area contributed by atoms with Gasteiger partial charge in [-0.3, -0.25) is 4.79 Å². The van der Waals surface area contributed by atoms with Crippen LogP contribution in [0.1, 0.15) is 15.2 Å². The van der Waals surface area contributed by atoms with E-state index < -0.39 is 0 Å². The molecule has 0 saturated carbocycles. The van der Waals surface area contributed by atoms with E-state index in [9.17, 15) is 4.79 Å². The Morgan fingerprint density at radius 2 is 2.00 bits per heavy atom. The summed E-state index contributed by atoms with van der Waals surface area (Å²) >= 11 is 1.31. The maximum atomic E-state index is 12.3. The number of hydrogen-bond donors (Lipinski definition) is 2. The molecule has 0 unspecified atom stereocenters. The molecule has 0 aliphatic carbocycles. The minimum atomic E-state index is -0.124. The minimum Gasteiger partial charge on any atom is -0.381 e. The van der Waals surface area contributed by atoms with Gasteiger partial charge in [-0.05, 0) is 31.8 Å². The number of amides is 1. The average Bonchev–Trinajstić information content (AvgIpc) is 3.39. The van der Waals surface area contributed by atoms with Crippen molar-refractivity contribution >= 4 is 33.9 Å². The SMILES string of the molecule is CN(C)CCNC(=O)c1cnc(-c2noc3cc(NCc4ccccc4)ccc23)s1. The molecule has 2 N–H and O–H groups in total. The fraction of sp³-hybridized carbons (Fsp3) is 0.227. The van der Waals surface area contributed by atoms with Gasteiger partial charge < -0.3 is 20.1 Å². The van der Waals surface area contributed by atoms with E-state index in [-0.39, 0.29) is 5.91 Å². The Bertz CT molecular complexity index is 1140. The molecule has 0 bridgehead atoms. The molecule has 4 rings (SSSR count). The van der Waals surface area contributed by atoms with Gasteiger partial charge in [-0.2, -0.15) is 0 Å². The van der Waals surface area contributed by atoms with Crippen LogP contribution in [0.3, 0.4) is 0 Å². The Kier molecular flexibility index (Phi) is 6.06. The molecule has 8 heteroatoms. The molecule has 0 atom stereocenters. The van der Waals surface area contributed by atoms with Crippen molar-refractivity contribution in [1.29, 1.82) is 0 Å². The van der Waals surface area contributed by atoms with Gasteiger partial charge in [0, 0.05) is 31.4 Å². The topological polar surface area (TPSA) is 83.3 Å². The van der Waals surface area contributed by atoms with Gasteiger partial charge in [0.25, 0.3) is 5.91 Å². The molecule has 0 radical (unpaired) electrons. The van der Waals surface area contributed by atoms with E-state index in [0.29, 0.717) is 27.7 Å². The van der Waals surface area contributed by atoms with Gasteiger partial charge in [-0.1, -0.05) is 35.5 Å². The summed E-state index contributed by atoms with van der Waals surface area (Å²) in [6.07, 6.45) is 1.58. The van der Waals surface area contributed by atoms with Crippen molar-refractivity contribution in [2.24, 2.45) is 0 Å². The highest BCUT2D eigenvalue weighted by atomic mass is 32.1. The summed E-state index contributed by atoms with van der Waals surface area (Å²) in [6.45, 7) is 2.10. The van der Waals surface area contributed by atoms with Gasteiger partial charge in [-0.25, -0.2) is 4.98 Å². The number of fused-ring (bicyclic) bond motifs is 1. The van der Waals surface area contributed by atoms with Crippen LogP contribution in [0, 0.1) is 0 Å². The maximum absolute atomic E-state index is 12.3. The minimum absolute atomic E-state index is 0.124. The van der Waals surface area contributed by atoms with Gasteiger partial charge in [0.15, 0.2) is 5.58 Å². The first-order valence-electron chi connectivity index (χ1n) is 9.66. The highest BCUT2D eigenvalue weighted by Gasteiger charge is 2.17. The molecule has 2 heterocycles. The molecule has 2 aromatic carbocycles. The molecular weight excluding hydrogens is 398 g/mol. The Labute approximate surface area is 178 Å². The normalized spacial score (nSPS) is 11.2. The molecule has 0 fully saturated rings. The standard InChI is InChI=1S/C22H23N5O2S/c1-27(2)11-10-23-21(28)19-14-25-22(30-19)20-17-9-8-16(12-18(17)29-26-20)24-13-15-6-4-3-5-7-15/h3-9,12,14,24H,10-11,13H2,1-2H3,(H,23,28). The number of nitrogens with zero attached hydrogens (tertiary/aromatic N) is 3. The summed E-state index contributed by atoms with van der Waals surface area (Å²) in [4.78, 5) is 19.2. The van der Waals surface area contributed by atoms with E-state index in [1.807, 2.05) is 55.4 Å². The van der Waals surface area contributed by atoms with Crippen molar-refractivity contribution in [2.75, 3.05) is 32.5 Å². The lowest BCUT2D eigenvalue weighted by molar-refractivity contribution is 0.0955. The number of carbonyl (C=O) groups is 1. The molecule has 0 aliphatic heterocycles. The van der Waals surface area contributed by atoms with Crippen LogP contribution in [0.4, 0.5) is 5.69 Å². The first-order valence-corrected chi connectivity index (χ1v) is 10.5. The van der Waals surface area contributed by atoms with E-state index in [4.69, 9.17) is 4.52 Å². The van der Waals surface area contributed by atoms with Crippen LogP contribution in [0.15, 0.2) is 59.3 Å². The van der Waals surface area contributed by atoms with Crippen LogP contribution >= 0.6 is 11.3 Å². The van der Waals surface area contributed by atoms with Crippen LogP contribution in [-0.4, -0.2) is 48.1 Å². The lowest BCUT2D eigenvalue weighted by atomic mass is 10.2. The average molecular weight is 422 g/mol. The smallest absolute Gasteiger partial charge is 0.263 e. The Hall–Kier alpha value is -3.23. The van der Waals surface area contributed by atoms with Crippen molar-refractivity contribution in [2.45, 2.75) is 6.54 Å². The molecule has 2 aromatic heterocycles. The Balaban J connectivity index is 1.46. The third kappa shape index (κ3) is 4.67. The highest BCUT2D eigenvalue weighted by Crippen LogP contribution is 2.32. The van der Waals surface area contributed by atoms with Crippen LogP contribution in [0.2, 0.25) is 0 Å². The molecule has 4 aromatic rings. The molecule has 1 amide bonds. The van der Waals surface area contributed by atoms with Gasteiger partial charge in [-0.15, -0.1) is 11.3 Å². The van der Waals surface area contributed by atoms with Crippen molar-refractivity contribution < 1.29 is 9.32 Å². The molecule has 7 nitrogen and oxygen atoms in total. The molecular formula is C22H23N5O2S. The maximum Gasteiger partial charge on any atom is 0.263 e. The molecule has 30 heavy (non-hydrogen) atoms. The number of nitrogens with one attached hydrogen (secondary N) is 2. The second kappa shape index (κ2) is 9.06. The van der Waals surface area contributed by atoms with E-state index in [0.717, 1.165) is 24.2 Å². The third-order valence-electron chi connectivity index (χ3n) is 4.59. The van der Waals surface area contributed by atoms with E-state index in [1.54, 1.807) is 6.20 Å². The van der Waals surface area contributed by atoms with Gasteiger partial charge in [0.05, 0.1) is 11.6 Å². The largest absolute Gasteiger partial charge is 0.381 e. The first-order chi connectivity index (χ1) is 14.6. The fourth-order valence-electron chi connectivity index (χ4n) is 2.97. The molecule has 154 valence electrons. The second-order valence-corrected chi connectivity index (χ2v) is 8.20. The number of rotatable bonds is 8. The summed E-state index contributed by atoms with van der Waals surface area (Å²) < 4.78 is 5.53. The lowest BCUT2D eigenvalue weighted by Gasteiger charge is -2.09. The monoisotopic (exact) mass is 421 g/mol. The summed E-state index contributed by atoms with van der Waals surface area (Å²) in [5.74, 6) is -0.124. The number of thiazole rings is 1. The number of likely N-dealkylation sites (N-methyl/N-ethyl adjacent to an activating group) is 1. The van der Waals surface area contributed by atoms with Crippen molar-refractivity contribution in [3.63, 3.8) is 0 Å². The lowest BCUT2D eigenvalue weighted by Crippen LogP contribution is -2.30. The summed E-state index contributed by atoms with van der Waals surface area (Å²) in [5, 5.41) is 12.0. The summed E-state index contributed by atoms with van der Waals surface area (Å²) in [7, 11) is 3.94. The zero-order valence-electron chi connectivity index (χ0n) is 16.9. The molecule has 0 spiro atoms. The predicted molar refractivity (Wildman–Crippen MR) is 120 cm³/mol. The van der Waals surface area contributed by atoms with E-state index >= 15 is 0 Å². The number of hydrogen-bond acceptors (Lipinski definition) is 7. The third-order valence-corrected chi connectivity index (χ3v) is 5.59. The Morgan fingerprint density at radius 3 is 2.80 bits per heavy atom. The van der Waals surface area contributed by atoms with Crippen molar-refractivity contribution in [3.8, 4) is 10.7 Å². The Morgan fingerprint density at radius 1 is 1.17 bits per heavy atom. The van der Waals surface area contributed by atoms with Crippen LogP contribution in [0.5, 0.6) is 0 Å². The summed E-state index contributed by atoms with van der Waals surface area (Å²) in [5.41, 5.74) is 3.48. The van der Waals surface area contributed by atoms with Gasteiger partial charge >= 0.3 is 0 Å². The van der Waals surface area contributed by atoms with Crippen LogP contribution in [0.25, 0.3) is 21.7 Å². The molecule has 0 aliphatic rings. The number of aromatic nitrogens is 2. The second-order valence-electron chi connectivity index (χ2n) is 7.17. The zero-order chi connectivity index (χ0) is 20.9. The zero-order valence-corrected chi connectivity index (χ0v) is 17.7. The number of benzene rings is 2. The van der Waals surface area contributed by atoms with Crippen LogP contribution in [-0.2, 0) is 6.54 Å². The van der Waals surface area contributed by atoms with Gasteiger partial charge in [0.2, 0.25) is 0 Å². The number of anilines is 1. The highest BCUT2D eigenvalue weighted by molar-refractivity contribution is 7.17. The fourth-order valence-corrected chi connectivity index (χ4v) is 3.80. The van der Waals surface area contributed by atoms with Gasteiger partial charge in [0.1, 0.15) is 15.6 Å². The summed E-state index contributed by atoms with van der Waals surface area (Å²) in [6, 6.07) is 16.1. The van der Waals surface area contributed by atoms with Crippen molar-refractivity contribution in [3.05, 3.63) is 65.2 Å². The van der Waals surface area contributed by atoms with E-state index in [2.05, 4.69) is 32.9 Å². The van der Waals surface area contributed by atoms with E-state index in [1.165, 1.54) is 16.9 Å². The number of carbonyl (C=O) groups excluding carboxylic acids is 1. The predicted octanol–water partition coefficient (Wildman–Crippen LogP) is 3.85. The molecule has 0 saturated heterocycles.